The number of halogens is 13. The summed E-state index contributed by atoms with van der Waals surface area (Å²) in [4.78, 5) is 0. The highest BCUT2D eigenvalue weighted by Gasteiger charge is 2.90. The van der Waals surface area contributed by atoms with Gasteiger partial charge in [0.1, 0.15) is 0 Å². The van der Waals surface area contributed by atoms with E-state index < -0.39 is 49.9 Å². The van der Waals surface area contributed by atoms with Gasteiger partial charge in [0.2, 0.25) is 0 Å². The summed E-state index contributed by atoms with van der Waals surface area (Å²) in [6.45, 7) is 1.62. The first-order valence-electron chi connectivity index (χ1n) is 8.71. The smallest absolute Gasteiger partial charge is 0.398 e. The van der Waals surface area contributed by atoms with E-state index in [0.717, 1.165) is 12.1 Å². The van der Waals surface area contributed by atoms with E-state index >= 15 is 0 Å². The molecule has 1 rings (SSSR count). The van der Waals surface area contributed by atoms with Gasteiger partial charge in [-0.05, 0) is 24.6 Å². The topological polar surface area (TPSA) is 18.5 Å². The minimum Gasteiger partial charge on any atom is -0.398 e. The third kappa shape index (κ3) is 4.83. The molecule has 0 aliphatic rings. The average Bonchev–Trinajstić information content (AvgIpc) is 2.70. The van der Waals surface area contributed by atoms with E-state index in [4.69, 9.17) is 8.85 Å². The number of benzene rings is 1. The van der Waals surface area contributed by atoms with Crippen molar-refractivity contribution in [1.29, 1.82) is 0 Å². The van der Waals surface area contributed by atoms with E-state index in [0.29, 0.717) is 0 Å². The standard InChI is InChI=1S/C17H17F13O2Si/c1-31-33(3,32-2)9-8-10-4-6-11(7-5-10)12(18,19)13(20,21)14(22,23)15(24,25)16(26,27)17(28,29)30/h4-7H,8-9H2,1-3H3. The molecule has 0 aliphatic carbocycles. The molecule has 2 nitrogen and oxygen atoms in total. The summed E-state index contributed by atoms with van der Waals surface area (Å²) in [5.74, 6) is -37.1. The second-order valence-electron chi connectivity index (χ2n) is 7.11. The van der Waals surface area contributed by atoms with Crippen LogP contribution in [0.4, 0.5) is 57.1 Å². The maximum atomic E-state index is 14.1. The lowest BCUT2D eigenvalue weighted by molar-refractivity contribution is -0.441. The Labute approximate surface area is 179 Å². The number of rotatable bonds is 10. The summed E-state index contributed by atoms with van der Waals surface area (Å²) < 4.78 is 182. The van der Waals surface area contributed by atoms with Crippen LogP contribution in [0.3, 0.4) is 0 Å². The lowest BCUT2D eigenvalue weighted by Gasteiger charge is -2.39. The zero-order chi connectivity index (χ0) is 26.3. The first-order chi connectivity index (χ1) is 14.6. The number of aryl methyl sites for hydroxylation is 1. The van der Waals surface area contributed by atoms with Crippen molar-refractivity contribution in [3.8, 4) is 0 Å². The molecular weight excluding hydrogens is 511 g/mol. The van der Waals surface area contributed by atoms with Crippen LogP contribution in [0.25, 0.3) is 0 Å². The van der Waals surface area contributed by atoms with Crippen molar-refractivity contribution in [2.45, 2.75) is 54.8 Å². The van der Waals surface area contributed by atoms with Crippen molar-refractivity contribution in [1.82, 2.24) is 0 Å². The van der Waals surface area contributed by atoms with Crippen LogP contribution < -0.4 is 0 Å². The van der Waals surface area contributed by atoms with Gasteiger partial charge >= 0.3 is 44.3 Å². The summed E-state index contributed by atoms with van der Waals surface area (Å²) >= 11 is 0. The van der Waals surface area contributed by atoms with Crippen LogP contribution in [-0.2, 0) is 21.2 Å². The molecule has 0 heterocycles. The van der Waals surface area contributed by atoms with E-state index in [2.05, 4.69) is 0 Å². The largest absolute Gasteiger partial charge is 0.460 e. The summed E-state index contributed by atoms with van der Waals surface area (Å²) in [6, 6.07) is 1.97. The molecule has 0 spiro atoms. The molecule has 0 fully saturated rings. The number of hydrogen-bond acceptors (Lipinski definition) is 2. The monoisotopic (exact) mass is 528 g/mol. The van der Waals surface area contributed by atoms with Gasteiger partial charge in [-0.2, -0.15) is 57.1 Å². The highest BCUT2D eigenvalue weighted by atomic mass is 28.4. The van der Waals surface area contributed by atoms with E-state index in [9.17, 15) is 57.1 Å². The molecule has 0 saturated carbocycles. The Balaban J connectivity index is 3.32. The van der Waals surface area contributed by atoms with Crippen molar-refractivity contribution < 1.29 is 65.9 Å². The Morgan fingerprint density at radius 2 is 1.03 bits per heavy atom. The maximum Gasteiger partial charge on any atom is 0.460 e. The van der Waals surface area contributed by atoms with Gasteiger partial charge in [0.15, 0.2) is 0 Å². The Hall–Kier alpha value is -1.55. The van der Waals surface area contributed by atoms with E-state index in [-0.39, 0.29) is 30.2 Å². The Morgan fingerprint density at radius 3 is 1.39 bits per heavy atom. The molecule has 0 atom stereocenters. The van der Waals surface area contributed by atoms with Gasteiger partial charge in [-0.1, -0.05) is 24.3 Å². The molecule has 0 unspecified atom stereocenters. The van der Waals surface area contributed by atoms with Crippen LogP contribution in [0.1, 0.15) is 11.1 Å². The molecule has 1 aromatic carbocycles. The van der Waals surface area contributed by atoms with Crippen LogP contribution in [0.2, 0.25) is 12.6 Å². The van der Waals surface area contributed by atoms with E-state index in [1.807, 2.05) is 0 Å². The van der Waals surface area contributed by atoms with Crippen molar-refractivity contribution in [2.75, 3.05) is 14.2 Å². The molecule has 16 heteroatoms. The predicted molar refractivity (Wildman–Crippen MR) is 90.3 cm³/mol. The van der Waals surface area contributed by atoms with Gasteiger partial charge in [-0.3, -0.25) is 0 Å². The molecule has 33 heavy (non-hydrogen) atoms. The first kappa shape index (κ1) is 29.5. The van der Waals surface area contributed by atoms with Crippen molar-refractivity contribution >= 4 is 8.56 Å². The summed E-state index contributed by atoms with van der Waals surface area (Å²) in [5, 5.41) is 0. The van der Waals surface area contributed by atoms with Crippen LogP contribution in [0, 0.1) is 0 Å². The fourth-order valence-corrected chi connectivity index (χ4v) is 3.81. The number of hydrogen-bond donors (Lipinski definition) is 0. The van der Waals surface area contributed by atoms with Gasteiger partial charge in [-0.25, -0.2) is 0 Å². The van der Waals surface area contributed by atoms with E-state index in [1.54, 1.807) is 6.55 Å². The lowest BCUT2D eigenvalue weighted by atomic mass is 9.90. The molecule has 0 radical (unpaired) electrons. The molecule has 0 N–H and O–H groups in total. The van der Waals surface area contributed by atoms with Crippen molar-refractivity contribution in [2.24, 2.45) is 0 Å². The summed E-state index contributed by atoms with van der Waals surface area (Å²) in [7, 11) is 0.0130. The Kier molecular flexibility index (Phi) is 7.96. The molecule has 0 amide bonds. The zero-order valence-corrected chi connectivity index (χ0v) is 18.0. The fourth-order valence-electron chi connectivity index (χ4n) is 2.49. The molecule has 0 aliphatic heterocycles. The van der Waals surface area contributed by atoms with Gasteiger partial charge in [0, 0.05) is 19.8 Å². The van der Waals surface area contributed by atoms with Crippen LogP contribution in [-0.4, -0.2) is 52.6 Å². The molecule has 0 bridgehead atoms. The minimum atomic E-state index is -7.92. The minimum absolute atomic E-state index is 0.0681. The van der Waals surface area contributed by atoms with Gasteiger partial charge in [0.05, 0.1) is 0 Å². The van der Waals surface area contributed by atoms with Crippen LogP contribution in [0.5, 0.6) is 0 Å². The van der Waals surface area contributed by atoms with Gasteiger partial charge in [0.25, 0.3) is 0 Å². The van der Waals surface area contributed by atoms with Crippen molar-refractivity contribution in [3.05, 3.63) is 35.4 Å². The molecular formula is C17H17F13O2Si. The van der Waals surface area contributed by atoms with Crippen LogP contribution >= 0.6 is 0 Å². The Morgan fingerprint density at radius 1 is 0.636 bits per heavy atom. The third-order valence-corrected chi connectivity index (χ3v) is 7.87. The second kappa shape index (κ2) is 8.91. The molecule has 192 valence electrons. The van der Waals surface area contributed by atoms with Gasteiger partial charge in [-0.15, -0.1) is 0 Å². The molecule has 0 saturated heterocycles. The normalized spacial score (nSPS) is 15.2. The average molecular weight is 528 g/mol. The van der Waals surface area contributed by atoms with Gasteiger partial charge < -0.3 is 8.85 Å². The lowest BCUT2D eigenvalue weighted by Crippen LogP contribution is -2.69. The van der Waals surface area contributed by atoms with E-state index in [1.165, 1.54) is 14.2 Å². The molecule has 0 aromatic heterocycles. The highest BCUT2D eigenvalue weighted by Crippen LogP contribution is 2.62. The molecule has 1 aromatic rings. The maximum absolute atomic E-state index is 14.1. The summed E-state index contributed by atoms with van der Waals surface area (Å²) in [6.07, 6.45) is -7.37. The summed E-state index contributed by atoms with van der Waals surface area (Å²) in [5.41, 5.74) is -1.84. The SMILES string of the molecule is CO[Si](C)(CCc1ccc(C(F)(F)C(F)(F)C(F)(F)C(F)(F)C(F)(F)C(F)(F)F)cc1)OC. The predicted octanol–water partition coefficient (Wildman–Crippen LogP) is 6.79. The number of alkyl halides is 13. The highest BCUT2D eigenvalue weighted by molar-refractivity contribution is 6.65. The first-order valence-corrected chi connectivity index (χ1v) is 11.2. The quantitative estimate of drug-likeness (QED) is 0.246. The zero-order valence-electron chi connectivity index (χ0n) is 17.0. The fraction of sp³-hybridized carbons (Fsp3) is 0.647. The third-order valence-electron chi connectivity index (χ3n) is 4.98. The van der Waals surface area contributed by atoms with Crippen LogP contribution in [0.15, 0.2) is 24.3 Å². The second-order valence-corrected chi connectivity index (χ2v) is 10.7. The Bertz CT molecular complexity index is 802. The van der Waals surface area contributed by atoms with Crippen molar-refractivity contribution in [3.63, 3.8) is 0 Å².